The van der Waals surface area contributed by atoms with Crippen LogP contribution < -0.4 is 5.73 Å². The van der Waals surface area contributed by atoms with Crippen LogP contribution in [-0.4, -0.2) is 54.8 Å². The van der Waals surface area contributed by atoms with Gasteiger partial charge in [-0.2, -0.15) is 0 Å². The van der Waals surface area contributed by atoms with Crippen molar-refractivity contribution < 1.29 is 9.59 Å². The Morgan fingerprint density at radius 3 is 2.75 bits per heavy atom. The molecule has 2 atom stereocenters. The molecule has 1 fully saturated rings. The highest BCUT2D eigenvalue weighted by Crippen LogP contribution is 2.41. The maximum Gasteiger partial charge on any atom is 0.257 e. The molecule has 0 aromatic heterocycles. The van der Waals surface area contributed by atoms with Crippen molar-refractivity contribution in [2.75, 3.05) is 33.2 Å². The maximum atomic E-state index is 12.8. The van der Waals surface area contributed by atoms with Gasteiger partial charge in [-0.25, -0.2) is 0 Å². The van der Waals surface area contributed by atoms with Gasteiger partial charge in [0, 0.05) is 18.0 Å². The zero-order valence-electron chi connectivity index (χ0n) is 14.1. The fraction of sp³-hybridized carbons (Fsp3) is 0.474. The number of carbonyl (C=O) groups excluding carboxylic acids is 2. The topological polar surface area (TPSA) is 66.6 Å². The van der Waals surface area contributed by atoms with E-state index in [9.17, 15) is 9.59 Å². The summed E-state index contributed by atoms with van der Waals surface area (Å²) in [4.78, 5) is 29.2. The van der Waals surface area contributed by atoms with E-state index < -0.39 is 0 Å². The van der Waals surface area contributed by atoms with Crippen LogP contribution in [0.3, 0.4) is 0 Å². The highest BCUT2D eigenvalue weighted by Gasteiger charge is 2.45. The maximum absolute atomic E-state index is 12.8. The Hall–Kier alpha value is -1.98. The van der Waals surface area contributed by atoms with Gasteiger partial charge < -0.3 is 10.6 Å². The van der Waals surface area contributed by atoms with Gasteiger partial charge in [0.1, 0.15) is 0 Å². The third-order valence-electron chi connectivity index (χ3n) is 4.93. The normalized spacial score (nSPS) is 25.0. The largest absolute Gasteiger partial charge is 0.330 e. The summed E-state index contributed by atoms with van der Waals surface area (Å²) in [6.45, 7) is 2.95. The molecule has 0 saturated carbocycles. The van der Waals surface area contributed by atoms with E-state index in [0.717, 1.165) is 37.1 Å². The lowest BCUT2D eigenvalue weighted by molar-refractivity contribution is -0.148. The van der Waals surface area contributed by atoms with Gasteiger partial charge in [0.25, 0.3) is 5.91 Å². The average molecular weight is 327 g/mol. The van der Waals surface area contributed by atoms with E-state index in [1.54, 1.807) is 0 Å². The number of nitrogens with zero attached hydrogens (tertiary/aromatic N) is 2. The van der Waals surface area contributed by atoms with Crippen LogP contribution in [0.5, 0.6) is 0 Å². The first-order chi connectivity index (χ1) is 11.6. The molecule has 0 aromatic carbocycles. The first-order valence-corrected chi connectivity index (χ1v) is 8.64. The molecule has 2 N–H and O–H groups in total. The van der Waals surface area contributed by atoms with Crippen LogP contribution >= 0.6 is 0 Å². The highest BCUT2D eigenvalue weighted by atomic mass is 16.2. The minimum atomic E-state index is -0.242. The van der Waals surface area contributed by atoms with Crippen molar-refractivity contribution in [1.82, 2.24) is 9.80 Å². The second-order valence-corrected chi connectivity index (χ2v) is 6.63. The molecule has 3 aliphatic rings. The van der Waals surface area contributed by atoms with Crippen molar-refractivity contribution in [2.24, 2.45) is 17.6 Å². The van der Waals surface area contributed by atoms with E-state index in [1.807, 2.05) is 43.5 Å². The Morgan fingerprint density at radius 2 is 1.96 bits per heavy atom. The van der Waals surface area contributed by atoms with Crippen molar-refractivity contribution >= 4 is 11.8 Å². The van der Waals surface area contributed by atoms with Gasteiger partial charge in [-0.3, -0.25) is 14.5 Å². The third kappa shape index (κ3) is 3.14. The molecule has 5 heteroatoms. The van der Waals surface area contributed by atoms with Gasteiger partial charge in [-0.1, -0.05) is 36.5 Å². The molecule has 0 aromatic rings. The van der Waals surface area contributed by atoms with Gasteiger partial charge in [-0.15, -0.1) is 0 Å². The van der Waals surface area contributed by atoms with Crippen LogP contribution in [0.15, 0.2) is 47.6 Å². The Balaban J connectivity index is 1.67. The predicted molar refractivity (Wildman–Crippen MR) is 93.9 cm³/mol. The molecule has 24 heavy (non-hydrogen) atoms. The smallest absolute Gasteiger partial charge is 0.257 e. The summed E-state index contributed by atoms with van der Waals surface area (Å²) >= 11 is 0. The lowest BCUT2D eigenvalue weighted by Gasteiger charge is -2.40. The number of rotatable bonds is 7. The molecular weight excluding hydrogens is 302 g/mol. The summed E-state index contributed by atoms with van der Waals surface area (Å²) in [6.07, 6.45) is 13.4. The van der Waals surface area contributed by atoms with Crippen molar-refractivity contribution in [3.05, 3.63) is 47.6 Å². The lowest BCUT2D eigenvalue weighted by atomic mass is 9.71. The number of imide groups is 1. The molecule has 2 amide bonds. The van der Waals surface area contributed by atoms with Gasteiger partial charge >= 0.3 is 0 Å². The minimum absolute atomic E-state index is 0.0658. The number of carbonyl (C=O) groups is 2. The van der Waals surface area contributed by atoms with Crippen LogP contribution in [-0.2, 0) is 9.59 Å². The Bertz CT molecular complexity index is 645. The van der Waals surface area contributed by atoms with Crippen molar-refractivity contribution in [1.29, 1.82) is 0 Å². The SMILES string of the molecule is CN(CCCN)CCCN1C(=O)C2=CC=CC3=CC=CC(C1=O)C32. The number of nitrogens with two attached hydrogens (primary N) is 1. The summed E-state index contributed by atoms with van der Waals surface area (Å²) in [5.41, 5.74) is 7.32. The number of hydrogen-bond acceptors (Lipinski definition) is 4. The summed E-state index contributed by atoms with van der Waals surface area (Å²) < 4.78 is 0. The molecule has 1 saturated heterocycles. The van der Waals surface area contributed by atoms with Crippen LogP contribution in [0.2, 0.25) is 0 Å². The van der Waals surface area contributed by atoms with Gasteiger partial charge in [0.15, 0.2) is 0 Å². The molecule has 1 heterocycles. The molecule has 3 rings (SSSR count). The second kappa shape index (κ2) is 7.28. The molecule has 5 nitrogen and oxygen atoms in total. The summed E-state index contributed by atoms with van der Waals surface area (Å²) in [5.74, 6) is -0.530. The van der Waals surface area contributed by atoms with Gasteiger partial charge in [-0.05, 0) is 45.1 Å². The Kier molecular flexibility index (Phi) is 5.11. The van der Waals surface area contributed by atoms with Crippen LogP contribution in [0.25, 0.3) is 0 Å². The summed E-state index contributed by atoms with van der Waals surface area (Å²) in [5, 5.41) is 0. The fourth-order valence-electron chi connectivity index (χ4n) is 3.66. The van der Waals surface area contributed by atoms with Crippen LogP contribution in [0, 0.1) is 11.8 Å². The summed E-state index contributed by atoms with van der Waals surface area (Å²) in [6, 6.07) is 0. The number of amides is 2. The average Bonchev–Trinajstić information content (AvgIpc) is 2.60. The van der Waals surface area contributed by atoms with E-state index >= 15 is 0 Å². The number of allylic oxidation sites excluding steroid dienone is 6. The molecule has 2 aliphatic carbocycles. The quantitative estimate of drug-likeness (QED) is 0.715. The molecule has 128 valence electrons. The highest BCUT2D eigenvalue weighted by molar-refractivity contribution is 6.10. The zero-order chi connectivity index (χ0) is 17.1. The number of piperidine rings is 1. The van der Waals surface area contributed by atoms with Crippen molar-refractivity contribution in [2.45, 2.75) is 12.8 Å². The second-order valence-electron chi connectivity index (χ2n) is 6.63. The third-order valence-corrected chi connectivity index (χ3v) is 4.93. The molecule has 2 unspecified atom stereocenters. The molecule has 0 spiro atoms. The fourth-order valence-corrected chi connectivity index (χ4v) is 3.66. The number of hydrogen-bond donors (Lipinski definition) is 1. The van der Waals surface area contributed by atoms with Gasteiger partial charge in [0.05, 0.1) is 5.92 Å². The predicted octanol–water partition coefficient (Wildman–Crippen LogP) is 1.25. The zero-order valence-corrected chi connectivity index (χ0v) is 14.1. The molecule has 0 bridgehead atoms. The first kappa shape index (κ1) is 16.9. The van der Waals surface area contributed by atoms with Gasteiger partial charge in [0.2, 0.25) is 5.91 Å². The summed E-state index contributed by atoms with van der Waals surface area (Å²) in [7, 11) is 2.04. The van der Waals surface area contributed by atoms with Crippen molar-refractivity contribution in [3.8, 4) is 0 Å². The van der Waals surface area contributed by atoms with Crippen LogP contribution in [0.4, 0.5) is 0 Å². The van der Waals surface area contributed by atoms with Crippen LogP contribution in [0.1, 0.15) is 12.8 Å². The van der Waals surface area contributed by atoms with E-state index in [-0.39, 0.29) is 23.7 Å². The molecule has 1 aliphatic heterocycles. The molecular formula is C19H25N3O2. The van der Waals surface area contributed by atoms with E-state index in [1.165, 1.54) is 4.90 Å². The van der Waals surface area contributed by atoms with Crippen molar-refractivity contribution in [3.63, 3.8) is 0 Å². The van der Waals surface area contributed by atoms with E-state index in [0.29, 0.717) is 13.1 Å². The number of likely N-dealkylation sites (tertiary alicyclic amines) is 1. The van der Waals surface area contributed by atoms with E-state index in [4.69, 9.17) is 5.73 Å². The Morgan fingerprint density at radius 1 is 1.17 bits per heavy atom. The lowest BCUT2D eigenvalue weighted by Crippen LogP contribution is -2.51. The minimum Gasteiger partial charge on any atom is -0.330 e. The first-order valence-electron chi connectivity index (χ1n) is 8.64. The Labute approximate surface area is 143 Å². The monoisotopic (exact) mass is 327 g/mol. The standard InChI is InChI=1S/C19H25N3O2/c1-21(11-4-10-20)12-5-13-22-18(23)15-8-2-6-14-7-3-9-16(17(14)15)19(22)24/h2-3,6-9,15,17H,4-5,10-13,20H2,1H3. The van der Waals surface area contributed by atoms with E-state index in [2.05, 4.69) is 4.90 Å². The molecule has 0 radical (unpaired) electrons.